The SMILES string of the molecule is OC(CC(F)(F)F)c1cccs1. The Balaban J connectivity index is 2.56. The highest BCUT2D eigenvalue weighted by molar-refractivity contribution is 7.10. The van der Waals surface area contributed by atoms with Crippen molar-refractivity contribution in [2.75, 3.05) is 0 Å². The highest BCUT2D eigenvalue weighted by Gasteiger charge is 2.31. The normalized spacial score (nSPS) is 14.7. The van der Waals surface area contributed by atoms with Crippen molar-refractivity contribution in [2.45, 2.75) is 18.7 Å². The number of hydrogen-bond acceptors (Lipinski definition) is 2. The average Bonchev–Trinajstić information content (AvgIpc) is 2.32. The van der Waals surface area contributed by atoms with Gasteiger partial charge in [-0.25, -0.2) is 0 Å². The fraction of sp³-hybridized carbons (Fsp3) is 0.429. The largest absolute Gasteiger partial charge is 0.391 e. The van der Waals surface area contributed by atoms with E-state index >= 15 is 0 Å². The molecule has 1 nitrogen and oxygen atoms in total. The zero-order valence-corrected chi connectivity index (χ0v) is 6.82. The lowest BCUT2D eigenvalue weighted by molar-refractivity contribution is -0.153. The van der Waals surface area contributed by atoms with Crippen molar-refractivity contribution in [2.24, 2.45) is 0 Å². The van der Waals surface area contributed by atoms with Crippen molar-refractivity contribution in [3.63, 3.8) is 0 Å². The molecule has 0 saturated carbocycles. The van der Waals surface area contributed by atoms with Gasteiger partial charge in [0.2, 0.25) is 0 Å². The Hall–Kier alpha value is -0.550. The first-order valence-electron chi connectivity index (χ1n) is 3.27. The smallest absolute Gasteiger partial charge is 0.387 e. The van der Waals surface area contributed by atoms with Crippen LogP contribution in [0.3, 0.4) is 0 Å². The second-order valence-electron chi connectivity index (χ2n) is 2.35. The fourth-order valence-electron chi connectivity index (χ4n) is 0.801. The van der Waals surface area contributed by atoms with Crippen LogP contribution in [0.2, 0.25) is 0 Å². The molecule has 1 aromatic heterocycles. The molecule has 1 aromatic rings. The number of hydrogen-bond donors (Lipinski definition) is 1. The molecule has 0 aliphatic heterocycles. The minimum atomic E-state index is -4.30. The lowest BCUT2D eigenvalue weighted by Crippen LogP contribution is -2.12. The third-order valence-electron chi connectivity index (χ3n) is 1.30. The minimum Gasteiger partial charge on any atom is -0.387 e. The summed E-state index contributed by atoms with van der Waals surface area (Å²) < 4.78 is 35.2. The molecule has 1 N–H and O–H groups in total. The van der Waals surface area contributed by atoms with Gasteiger partial charge in [0.05, 0.1) is 12.5 Å². The van der Waals surface area contributed by atoms with Crippen molar-refractivity contribution in [3.05, 3.63) is 22.4 Å². The van der Waals surface area contributed by atoms with Crippen LogP contribution in [-0.4, -0.2) is 11.3 Å². The molecule has 0 radical (unpaired) electrons. The van der Waals surface area contributed by atoms with Gasteiger partial charge in [0.1, 0.15) is 0 Å². The quantitative estimate of drug-likeness (QED) is 0.771. The molecule has 12 heavy (non-hydrogen) atoms. The van der Waals surface area contributed by atoms with Crippen LogP contribution in [0.5, 0.6) is 0 Å². The van der Waals surface area contributed by atoms with E-state index in [2.05, 4.69) is 0 Å². The lowest BCUT2D eigenvalue weighted by Gasteiger charge is -2.10. The van der Waals surface area contributed by atoms with Crippen molar-refractivity contribution >= 4 is 11.3 Å². The number of aliphatic hydroxyl groups is 1. The van der Waals surface area contributed by atoms with E-state index < -0.39 is 18.7 Å². The summed E-state index contributed by atoms with van der Waals surface area (Å²) in [5.41, 5.74) is 0. The zero-order valence-electron chi connectivity index (χ0n) is 6.01. The van der Waals surface area contributed by atoms with E-state index in [0.29, 0.717) is 4.88 Å². The summed E-state index contributed by atoms with van der Waals surface area (Å²) in [6.07, 6.45) is -6.89. The van der Waals surface area contributed by atoms with Gasteiger partial charge < -0.3 is 5.11 Å². The van der Waals surface area contributed by atoms with Crippen LogP contribution < -0.4 is 0 Å². The van der Waals surface area contributed by atoms with Gasteiger partial charge in [0, 0.05) is 4.88 Å². The molecule has 0 fully saturated rings. The minimum absolute atomic E-state index is 0.354. The highest BCUT2D eigenvalue weighted by Crippen LogP contribution is 2.31. The van der Waals surface area contributed by atoms with Crippen molar-refractivity contribution in [3.8, 4) is 0 Å². The van der Waals surface area contributed by atoms with Crippen LogP contribution in [0.15, 0.2) is 17.5 Å². The van der Waals surface area contributed by atoms with E-state index in [4.69, 9.17) is 5.11 Å². The molecule has 0 aromatic carbocycles. The van der Waals surface area contributed by atoms with Gasteiger partial charge in [-0.3, -0.25) is 0 Å². The van der Waals surface area contributed by atoms with Crippen LogP contribution in [0.4, 0.5) is 13.2 Å². The summed E-state index contributed by atoms with van der Waals surface area (Å²) in [5, 5.41) is 10.7. The molecule has 68 valence electrons. The molecule has 0 saturated heterocycles. The predicted molar refractivity (Wildman–Crippen MR) is 40.0 cm³/mol. The highest BCUT2D eigenvalue weighted by atomic mass is 32.1. The average molecular weight is 196 g/mol. The Morgan fingerprint density at radius 2 is 2.17 bits per heavy atom. The summed E-state index contributed by atoms with van der Waals surface area (Å²) in [6, 6.07) is 3.10. The van der Waals surface area contributed by atoms with Gasteiger partial charge in [-0.05, 0) is 11.4 Å². The van der Waals surface area contributed by atoms with Crippen molar-refractivity contribution in [1.29, 1.82) is 0 Å². The number of rotatable bonds is 2. The molecule has 0 aliphatic rings. The number of aliphatic hydroxyl groups excluding tert-OH is 1. The van der Waals surface area contributed by atoms with Gasteiger partial charge in [0.25, 0.3) is 0 Å². The van der Waals surface area contributed by atoms with Crippen LogP contribution in [0.25, 0.3) is 0 Å². The van der Waals surface area contributed by atoms with Gasteiger partial charge >= 0.3 is 6.18 Å². The van der Waals surface area contributed by atoms with Crippen LogP contribution in [-0.2, 0) is 0 Å². The van der Waals surface area contributed by atoms with Gasteiger partial charge in [0.15, 0.2) is 0 Å². The molecular weight excluding hydrogens is 189 g/mol. The molecule has 1 rings (SSSR count). The van der Waals surface area contributed by atoms with Gasteiger partial charge in [-0.2, -0.15) is 13.2 Å². The second kappa shape index (κ2) is 3.45. The van der Waals surface area contributed by atoms with E-state index in [1.54, 1.807) is 11.4 Å². The maximum Gasteiger partial charge on any atom is 0.391 e. The molecule has 5 heteroatoms. The first-order valence-corrected chi connectivity index (χ1v) is 4.15. The maximum atomic E-state index is 11.7. The van der Waals surface area contributed by atoms with E-state index in [1.165, 1.54) is 6.07 Å². The number of alkyl halides is 3. The fourth-order valence-corrected chi connectivity index (χ4v) is 1.51. The Bertz CT molecular complexity index is 229. The van der Waals surface area contributed by atoms with E-state index in [0.717, 1.165) is 11.3 Å². The molecule has 1 unspecified atom stereocenters. The van der Waals surface area contributed by atoms with Crippen molar-refractivity contribution < 1.29 is 18.3 Å². The zero-order chi connectivity index (χ0) is 9.19. The summed E-state index contributed by atoms with van der Waals surface area (Å²) in [7, 11) is 0. The number of thiophene rings is 1. The summed E-state index contributed by atoms with van der Waals surface area (Å²) in [4.78, 5) is 0.354. The van der Waals surface area contributed by atoms with Crippen LogP contribution in [0.1, 0.15) is 17.4 Å². The first kappa shape index (κ1) is 9.54. The maximum absolute atomic E-state index is 11.7. The van der Waals surface area contributed by atoms with E-state index in [-0.39, 0.29) is 0 Å². The Labute approximate surface area is 71.5 Å². The molecule has 1 heterocycles. The van der Waals surface area contributed by atoms with Gasteiger partial charge in [-0.1, -0.05) is 6.07 Å². The summed E-state index contributed by atoms with van der Waals surface area (Å²) in [5.74, 6) is 0. The molecule has 0 amide bonds. The Kier molecular flexibility index (Phi) is 2.74. The Morgan fingerprint density at radius 1 is 1.50 bits per heavy atom. The van der Waals surface area contributed by atoms with Gasteiger partial charge in [-0.15, -0.1) is 11.3 Å². The molecular formula is C7H7F3OS. The summed E-state index contributed by atoms with van der Waals surface area (Å²) in [6.45, 7) is 0. The number of halogens is 3. The predicted octanol–water partition coefficient (Wildman–Crippen LogP) is 2.73. The van der Waals surface area contributed by atoms with E-state index in [1.807, 2.05) is 0 Å². The second-order valence-corrected chi connectivity index (χ2v) is 3.33. The topological polar surface area (TPSA) is 20.2 Å². The monoisotopic (exact) mass is 196 g/mol. The standard InChI is InChI=1S/C7H7F3OS/c8-7(9,10)4-5(11)6-2-1-3-12-6/h1-3,5,11H,4H2. The molecule has 0 spiro atoms. The molecule has 1 atom stereocenters. The molecule has 0 bridgehead atoms. The summed E-state index contributed by atoms with van der Waals surface area (Å²) >= 11 is 1.12. The Morgan fingerprint density at radius 3 is 2.58 bits per heavy atom. The van der Waals surface area contributed by atoms with Crippen LogP contribution >= 0.6 is 11.3 Å². The lowest BCUT2D eigenvalue weighted by atomic mass is 10.2. The van der Waals surface area contributed by atoms with Crippen LogP contribution in [0, 0.1) is 0 Å². The van der Waals surface area contributed by atoms with Crippen molar-refractivity contribution in [1.82, 2.24) is 0 Å². The van der Waals surface area contributed by atoms with E-state index in [9.17, 15) is 13.2 Å². The first-order chi connectivity index (χ1) is 5.49. The molecule has 0 aliphatic carbocycles. The third kappa shape index (κ3) is 2.83. The third-order valence-corrected chi connectivity index (χ3v) is 2.27.